The molecule has 41 heavy (non-hydrogen) atoms. The number of carbonyl (C=O) groups excluding carboxylic acids is 1. The molecule has 0 saturated heterocycles. The predicted molar refractivity (Wildman–Crippen MR) is 162 cm³/mol. The number of alkyl halides is 3. The summed E-state index contributed by atoms with van der Waals surface area (Å²) < 4.78 is 51.6. The van der Waals surface area contributed by atoms with E-state index >= 15 is 0 Å². The molecule has 4 rings (SSSR count). The van der Waals surface area contributed by atoms with Crippen LogP contribution in [0.1, 0.15) is 29.3 Å². The van der Waals surface area contributed by atoms with Gasteiger partial charge in [0.1, 0.15) is 6.61 Å². The SMILES string of the molecule is CCOc1cc(/C=N\NC(=O)Cc2csc(Nc3cccc(C(F)(F)F)c3)n2)cc(Cl)c1OCc1ccc(I)cc1. The Kier molecular flexibility index (Phi) is 10.5. The highest BCUT2D eigenvalue weighted by molar-refractivity contribution is 14.1. The minimum atomic E-state index is -4.45. The quantitative estimate of drug-likeness (QED) is 0.0940. The molecule has 1 heterocycles. The van der Waals surface area contributed by atoms with E-state index in [1.54, 1.807) is 17.5 Å². The first-order chi connectivity index (χ1) is 19.6. The molecule has 1 aromatic heterocycles. The second-order valence-corrected chi connectivity index (χ2v) is 11.0. The van der Waals surface area contributed by atoms with E-state index in [0.717, 1.165) is 21.3 Å². The van der Waals surface area contributed by atoms with Gasteiger partial charge in [0.25, 0.3) is 0 Å². The fourth-order valence-corrected chi connectivity index (χ4v) is 4.89. The van der Waals surface area contributed by atoms with Gasteiger partial charge in [0, 0.05) is 14.6 Å². The van der Waals surface area contributed by atoms with Crippen molar-refractivity contribution in [3.8, 4) is 11.5 Å². The smallest absolute Gasteiger partial charge is 0.416 e. The van der Waals surface area contributed by atoms with Gasteiger partial charge in [0.05, 0.1) is 35.5 Å². The molecule has 4 aromatic rings. The van der Waals surface area contributed by atoms with Crippen LogP contribution in [0.4, 0.5) is 24.0 Å². The molecular formula is C28H23ClF3IN4O3S. The fourth-order valence-electron chi connectivity index (χ4n) is 3.53. The van der Waals surface area contributed by atoms with E-state index < -0.39 is 17.6 Å². The van der Waals surface area contributed by atoms with Crippen LogP contribution < -0.4 is 20.2 Å². The summed E-state index contributed by atoms with van der Waals surface area (Å²) in [5.74, 6) is 0.429. The van der Waals surface area contributed by atoms with Gasteiger partial charge in [-0.05, 0) is 83.1 Å². The zero-order valence-corrected chi connectivity index (χ0v) is 25.2. The van der Waals surface area contributed by atoms with Gasteiger partial charge in [-0.3, -0.25) is 4.79 Å². The minimum absolute atomic E-state index is 0.0750. The highest BCUT2D eigenvalue weighted by atomic mass is 127. The zero-order valence-electron chi connectivity index (χ0n) is 21.5. The third kappa shape index (κ3) is 9.07. The molecule has 13 heteroatoms. The Labute approximate surface area is 256 Å². The third-order valence-corrected chi connectivity index (χ3v) is 7.17. The Morgan fingerprint density at radius 3 is 2.66 bits per heavy atom. The van der Waals surface area contributed by atoms with E-state index in [1.807, 2.05) is 31.2 Å². The average Bonchev–Trinajstić information content (AvgIpc) is 3.35. The lowest BCUT2D eigenvalue weighted by molar-refractivity contribution is -0.137. The number of nitrogens with one attached hydrogen (secondary N) is 2. The number of aromatic nitrogens is 1. The number of hydrogen-bond donors (Lipinski definition) is 2. The summed E-state index contributed by atoms with van der Waals surface area (Å²) in [6.07, 6.45) is -3.09. The Hall–Kier alpha value is -3.36. The number of amides is 1. The lowest BCUT2D eigenvalue weighted by Crippen LogP contribution is -2.20. The number of ether oxygens (including phenoxy) is 2. The van der Waals surface area contributed by atoms with Gasteiger partial charge in [-0.1, -0.05) is 29.8 Å². The Morgan fingerprint density at radius 2 is 1.93 bits per heavy atom. The zero-order chi connectivity index (χ0) is 29.4. The summed E-state index contributed by atoms with van der Waals surface area (Å²) in [4.78, 5) is 16.6. The van der Waals surface area contributed by atoms with Crippen molar-refractivity contribution in [1.29, 1.82) is 0 Å². The Balaban J connectivity index is 1.34. The van der Waals surface area contributed by atoms with Crippen LogP contribution in [0.25, 0.3) is 0 Å². The van der Waals surface area contributed by atoms with Gasteiger partial charge in [-0.2, -0.15) is 18.3 Å². The monoisotopic (exact) mass is 714 g/mol. The summed E-state index contributed by atoms with van der Waals surface area (Å²) in [6.45, 7) is 2.55. The first-order valence-electron chi connectivity index (χ1n) is 12.1. The molecule has 7 nitrogen and oxygen atoms in total. The summed E-state index contributed by atoms with van der Waals surface area (Å²) in [6, 6.07) is 16.1. The van der Waals surface area contributed by atoms with Gasteiger partial charge in [0.2, 0.25) is 5.91 Å². The van der Waals surface area contributed by atoms with Crippen molar-refractivity contribution in [2.24, 2.45) is 5.10 Å². The van der Waals surface area contributed by atoms with Crippen molar-refractivity contribution in [2.75, 3.05) is 11.9 Å². The van der Waals surface area contributed by atoms with Gasteiger partial charge in [-0.15, -0.1) is 11.3 Å². The first kappa shape index (κ1) is 30.6. The van der Waals surface area contributed by atoms with Gasteiger partial charge in [0.15, 0.2) is 16.6 Å². The van der Waals surface area contributed by atoms with Crippen LogP contribution >= 0.6 is 45.5 Å². The third-order valence-electron chi connectivity index (χ3n) is 5.37. The Morgan fingerprint density at radius 1 is 1.15 bits per heavy atom. The van der Waals surface area contributed by atoms with E-state index in [2.05, 4.69) is 43.4 Å². The number of thiazole rings is 1. The van der Waals surface area contributed by atoms with E-state index in [1.165, 1.54) is 29.7 Å². The maximum atomic E-state index is 12.9. The van der Waals surface area contributed by atoms with Crippen LogP contribution in [-0.4, -0.2) is 23.7 Å². The maximum Gasteiger partial charge on any atom is 0.416 e. The van der Waals surface area contributed by atoms with Gasteiger partial charge in [-0.25, -0.2) is 10.4 Å². The molecule has 2 N–H and O–H groups in total. The molecule has 0 unspecified atom stereocenters. The van der Waals surface area contributed by atoms with Crippen LogP contribution in [0.3, 0.4) is 0 Å². The molecule has 0 aliphatic carbocycles. The molecule has 214 valence electrons. The summed E-state index contributed by atoms with van der Waals surface area (Å²) >= 11 is 9.88. The number of hydrogen-bond acceptors (Lipinski definition) is 7. The molecule has 0 spiro atoms. The summed E-state index contributed by atoms with van der Waals surface area (Å²) in [5.41, 5.74) is 3.91. The summed E-state index contributed by atoms with van der Waals surface area (Å²) in [5, 5.41) is 9.16. The van der Waals surface area contributed by atoms with E-state index in [9.17, 15) is 18.0 Å². The molecule has 3 aromatic carbocycles. The highest BCUT2D eigenvalue weighted by Gasteiger charge is 2.30. The maximum absolute atomic E-state index is 12.9. The number of nitrogens with zero attached hydrogens (tertiary/aromatic N) is 2. The van der Waals surface area contributed by atoms with Crippen molar-refractivity contribution in [3.05, 3.63) is 97.0 Å². The number of rotatable bonds is 11. The van der Waals surface area contributed by atoms with E-state index in [0.29, 0.717) is 46.1 Å². The normalized spacial score (nSPS) is 11.5. The van der Waals surface area contributed by atoms with Crippen LogP contribution in [0.5, 0.6) is 11.5 Å². The molecule has 1 amide bonds. The van der Waals surface area contributed by atoms with Crippen LogP contribution in [0, 0.1) is 3.57 Å². The largest absolute Gasteiger partial charge is 0.490 e. The number of halogens is 5. The van der Waals surface area contributed by atoms with Crippen LogP contribution in [0.15, 0.2) is 71.1 Å². The predicted octanol–water partition coefficient (Wildman–Crippen LogP) is 7.83. The van der Waals surface area contributed by atoms with E-state index in [-0.39, 0.29) is 12.1 Å². The molecule has 0 bridgehead atoms. The molecule has 0 saturated carbocycles. The summed E-state index contributed by atoms with van der Waals surface area (Å²) in [7, 11) is 0. The molecule has 0 fully saturated rings. The lowest BCUT2D eigenvalue weighted by atomic mass is 10.2. The van der Waals surface area contributed by atoms with Gasteiger partial charge >= 0.3 is 6.18 Å². The first-order valence-corrected chi connectivity index (χ1v) is 14.5. The van der Waals surface area contributed by atoms with Crippen molar-refractivity contribution in [3.63, 3.8) is 0 Å². The average molecular weight is 715 g/mol. The second kappa shape index (κ2) is 14.0. The van der Waals surface area contributed by atoms with Crippen molar-refractivity contribution >= 4 is 68.5 Å². The number of hydrazone groups is 1. The second-order valence-electron chi connectivity index (χ2n) is 8.50. The molecule has 0 atom stereocenters. The highest BCUT2D eigenvalue weighted by Crippen LogP contribution is 2.37. The molecule has 0 radical (unpaired) electrons. The minimum Gasteiger partial charge on any atom is -0.490 e. The number of carbonyl (C=O) groups is 1. The molecule has 0 aliphatic heterocycles. The topological polar surface area (TPSA) is 84.8 Å². The Bertz CT molecular complexity index is 1530. The van der Waals surface area contributed by atoms with E-state index in [4.69, 9.17) is 21.1 Å². The fraction of sp³-hybridized carbons (Fsp3) is 0.179. The standard InChI is InChI=1S/C28H23ClF3IN4O3S/c1-2-39-24-11-18(10-23(29)26(24)40-15-17-6-8-20(33)9-7-17)14-34-37-25(38)13-22-16-41-27(36-22)35-21-5-3-4-19(12-21)28(30,31)32/h3-12,14,16H,2,13,15H2,1H3,(H,35,36)(H,37,38)/b34-14-. The van der Waals surface area contributed by atoms with Gasteiger partial charge < -0.3 is 14.8 Å². The molecular weight excluding hydrogens is 692 g/mol. The van der Waals surface area contributed by atoms with Crippen molar-refractivity contribution in [2.45, 2.75) is 26.1 Å². The molecule has 0 aliphatic rings. The lowest BCUT2D eigenvalue weighted by Gasteiger charge is -2.14. The van der Waals surface area contributed by atoms with Crippen LogP contribution in [0.2, 0.25) is 5.02 Å². The van der Waals surface area contributed by atoms with Crippen molar-refractivity contribution < 1.29 is 27.4 Å². The van der Waals surface area contributed by atoms with Crippen LogP contribution in [-0.2, 0) is 24.0 Å². The van der Waals surface area contributed by atoms with Crippen molar-refractivity contribution in [1.82, 2.24) is 10.4 Å². The number of benzene rings is 3. The number of anilines is 2.